The number of carbonyl (C=O) groups excluding carboxylic acids is 1. The van der Waals surface area contributed by atoms with Gasteiger partial charge in [-0.1, -0.05) is 13.8 Å². The fraction of sp³-hybridized carbons (Fsp3) is 0.722. The molecule has 1 heterocycles. The van der Waals surface area contributed by atoms with Crippen molar-refractivity contribution in [3.05, 3.63) is 17.5 Å². The Morgan fingerprint density at radius 1 is 1.46 bits per heavy atom. The molecule has 1 amide bonds. The zero-order valence-electron chi connectivity index (χ0n) is 15.5. The molecule has 1 aliphatic rings. The van der Waals surface area contributed by atoms with Crippen molar-refractivity contribution < 1.29 is 14.7 Å². The second-order valence-electron chi connectivity index (χ2n) is 7.71. The second kappa shape index (κ2) is 6.22. The molecular formula is C18H29N3O3. The number of aliphatic carboxylic acids is 1. The summed E-state index contributed by atoms with van der Waals surface area (Å²) in [6.07, 6.45) is 3.08. The number of nitrogens with zero attached hydrogens (tertiary/aromatic N) is 2. The molecule has 0 bridgehead atoms. The van der Waals surface area contributed by atoms with Gasteiger partial charge in [-0.15, -0.1) is 0 Å². The van der Waals surface area contributed by atoms with Gasteiger partial charge in [0.05, 0.1) is 17.2 Å². The highest BCUT2D eigenvalue weighted by Gasteiger charge is 2.58. The molecule has 0 spiro atoms. The minimum atomic E-state index is -0.874. The predicted molar refractivity (Wildman–Crippen MR) is 91.4 cm³/mol. The first-order valence-electron chi connectivity index (χ1n) is 8.62. The lowest BCUT2D eigenvalue weighted by molar-refractivity contribution is -0.155. The highest BCUT2D eigenvalue weighted by atomic mass is 16.4. The number of hydrogen-bond acceptors (Lipinski definition) is 3. The molecule has 134 valence electrons. The van der Waals surface area contributed by atoms with Crippen molar-refractivity contribution in [2.45, 2.75) is 67.0 Å². The van der Waals surface area contributed by atoms with Crippen LogP contribution in [0.2, 0.25) is 0 Å². The van der Waals surface area contributed by atoms with E-state index in [4.69, 9.17) is 0 Å². The minimum Gasteiger partial charge on any atom is -0.481 e. The van der Waals surface area contributed by atoms with E-state index in [2.05, 4.69) is 10.4 Å². The van der Waals surface area contributed by atoms with Gasteiger partial charge in [-0.3, -0.25) is 14.3 Å². The summed E-state index contributed by atoms with van der Waals surface area (Å²) in [5, 5.41) is 17.1. The first kappa shape index (κ1) is 18.5. The molecule has 1 aliphatic carbocycles. The van der Waals surface area contributed by atoms with E-state index in [0.717, 1.165) is 17.8 Å². The molecule has 1 saturated carbocycles. The molecule has 0 unspecified atom stereocenters. The molecular weight excluding hydrogens is 306 g/mol. The number of aromatic nitrogens is 2. The van der Waals surface area contributed by atoms with E-state index < -0.39 is 16.8 Å². The molecule has 0 saturated heterocycles. The third-order valence-electron chi connectivity index (χ3n) is 6.15. The smallest absolute Gasteiger partial charge is 0.309 e. The third kappa shape index (κ3) is 2.82. The Morgan fingerprint density at radius 3 is 2.54 bits per heavy atom. The lowest BCUT2D eigenvalue weighted by atomic mass is 9.65. The number of rotatable bonds is 5. The normalized spacial score (nSPS) is 27.0. The molecule has 3 atom stereocenters. The standard InChI is InChI=1S/C18H29N3O3/c1-7-21-10-13(12(3)20-21)11(2)19-15(22)14-8-9-18(6,16(23)24)17(14,4)5/h10-11,14H,7-9H2,1-6H3,(H,19,22)(H,23,24)/t11-,14+,18-/m0/s1. The number of carboxylic acid groups (broad SMARTS) is 1. The van der Waals surface area contributed by atoms with Gasteiger partial charge in [0, 0.05) is 24.2 Å². The van der Waals surface area contributed by atoms with Crippen LogP contribution >= 0.6 is 0 Å². The van der Waals surface area contributed by atoms with Gasteiger partial charge in [0.15, 0.2) is 0 Å². The van der Waals surface area contributed by atoms with E-state index in [1.807, 2.05) is 45.5 Å². The number of nitrogens with one attached hydrogen (secondary N) is 1. The molecule has 0 aromatic carbocycles. The third-order valence-corrected chi connectivity index (χ3v) is 6.15. The fourth-order valence-corrected chi connectivity index (χ4v) is 3.85. The van der Waals surface area contributed by atoms with Gasteiger partial charge in [-0.2, -0.15) is 5.10 Å². The molecule has 1 aromatic heterocycles. The van der Waals surface area contributed by atoms with Crippen LogP contribution in [0, 0.1) is 23.7 Å². The number of hydrogen-bond donors (Lipinski definition) is 2. The van der Waals surface area contributed by atoms with Crippen molar-refractivity contribution in [2.24, 2.45) is 16.7 Å². The Labute approximate surface area is 143 Å². The van der Waals surface area contributed by atoms with E-state index in [0.29, 0.717) is 12.8 Å². The van der Waals surface area contributed by atoms with Crippen LogP contribution in [-0.4, -0.2) is 26.8 Å². The Hall–Kier alpha value is -1.85. The first-order chi connectivity index (χ1) is 11.0. The Kier molecular flexibility index (Phi) is 4.79. The molecule has 6 nitrogen and oxygen atoms in total. The number of carboxylic acids is 1. The topological polar surface area (TPSA) is 84.2 Å². The van der Waals surface area contributed by atoms with Gasteiger partial charge < -0.3 is 10.4 Å². The Balaban J connectivity index is 2.15. The molecule has 1 aromatic rings. The monoisotopic (exact) mass is 335 g/mol. The van der Waals surface area contributed by atoms with Crippen LogP contribution in [-0.2, 0) is 16.1 Å². The zero-order valence-corrected chi connectivity index (χ0v) is 15.5. The lowest BCUT2D eigenvalue weighted by Gasteiger charge is -2.38. The molecule has 2 rings (SSSR count). The maximum Gasteiger partial charge on any atom is 0.309 e. The Bertz CT molecular complexity index is 650. The maximum absolute atomic E-state index is 12.8. The molecule has 6 heteroatoms. The summed E-state index contributed by atoms with van der Waals surface area (Å²) in [4.78, 5) is 24.5. The van der Waals surface area contributed by atoms with Gasteiger partial charge in [0.25, 0.3) is 0 Å². The second-order valence-corrected chi connectivity index (χ2v) is 7.71. The van der Waals surface area contributed by atoms with Gasteiger partial charge in [0.1, 0.15) is 0 Å². The largest absolute Gasteiger partial charge is 0.481 e. The molecule has 24 heavy (non-hydrogen) atoms. The van der Waals surface area contributed by atoms with E-state index in [1.54, 1.807) is 6.92 Å². The SMILES string of the molecule is CCn1cc([C@H](C)NC(=O)[C@H]2CC[C@@](C)(C(=O)O)C2(C)C)c(C)n1. The highest BCUT2D eigenvalue weighted by Crippen LogP contribution is 2.56. The maximum atomic E-state index is 12.8. The molecule has 0 aliphatic heterocycles. The average Bonchev–Trinajstić information content (AvgIpc) is 2.98. The van der Waals surface area contributed by atoms with Crippen LogP contribution in [0.3, 0.4) is 0 Å². The summed E-state index contributed by atoms with van der Waals surface area (Å²) in [6, 6.07) is -0.148. The number of amides is 1. The summed E-state index contributed by atoms with van der Waals surface area (Å²) in [5.41, 5.74) is 0.444. The Morgan fingerprint density at radius 2 is 2.08 bits per heavy atom. The van der Waals surface area contributed by atoms with E-state index in [9.17, 15) is 14.7 Å². The molecule has 1 fully saturated rings. The van der Waals surface area contributed by atoms with E-state index >= 15 is 0 Å². The van der Waals surface area contributed by atoms with Crippen molar-refractivity contribution >= 4 is 11.9 Å². The van der Waals surface area contributed by atoms with Crippen molar-refractivity contribution in [2.75, 3.05) is 0 Å². The van der Waals surface area contributed by atoms with E-state index in [-0.39, 0.29) is 17.9 Å². The lowest BCUT2D eigenvalue weighted by Crippen LogP contribution is -2.45. The van der Waals surface area contributed by atoms with Crippen LogP contribution in [0.1, 0.15) is 64.8 Å². The van der Waals surface area contributed by atoms with E-state index in [1.165, 1.54) is 0 Å². The zero-order chi connectivity index (χ0) is 18.3. The summed E-state index contributed by atoms with van der Waals surface area (Å²) >= 11 is 0. The fourth-order valence-electron chi connectivity index (χ4n) is 3.85. The van der Waals surface area contributed by atoms with Crippen molar-refractivity contribution in [3.8, 4) is 0 Å². The summed E-state index contributed by atoms with van der Waals surface area (Å²) < 4.78 is 1.86. The van der Waals surface area contributed by atoms with Gasteiger partial charge in [-0.05, 0) is 46.0 Å². The molecule has 2 N–H and O–H groups in total. The van der Waals surface area contributed by atoms with Crippen LogP contribution in [0.5, 0.6) is 0 Å². The minimum absolute atomic E-state index is 0.0684. The summed E-state index contributed by atoms with van der Waals surface area (Å²) in [6.45, 7) is 12.2. The summed E-state index contributed by atoms with van der Waals surface area (Å²) in [7, 11) is 0. The van der Waals surface area contributed by atoms with Crippen LogP contribution < -0.4 is 5.32 Å². The van der Waals surface area contributed by atoms with Crippen LogP contribution in [0.25, 0.3) is 0 Å². The molecule has 0 radical (unpaired) electrons. The van der Waals surface area contributed by atoms with Gasteiger partial charge in [0.2, 0.25) is 5.91 Å². The van der Waals surface area contributed by atoms with Gasteiger partial charge in [-0.25, -0.2) is 0 Å². The quantitative estimate of drug-likeness (QED) is 0.866. The van der Waals surface area contributed by atoms with Crippen molar-refractivity contribution in [1.82, 2.24) is 15.1 Å². The number of aryl methyl sites for hydroxylation is 2. The van der Waals surface area contributed by atoms with Crippen molar-refractivity contribution in [3.63, 3.8) is 0 Å². The van der Waals surface area contributed by atoms with Crippen LogP contribution in [0.4, 0.5) is 0 Å². The predicted octanol–water partition coefficient (Wildman–Crippen LogP) is 2.92. The van der Waals surface area contributed by atoms with Crippen LogP contribution in [0.15, 0.2) is 6.20 Å². The average molecular weight is 335 g/mol. The van der Waals surface area contributed by atoms with Gasteiger partial charge >= 0.3 is 5.97 Å². The first-order valence-corrected chi connectivity index (χ1v) is 8.62. The summed E-state index contributed by atoms with van der Waals surface area (Å²) in [5.74, 6) is -1.19. The number of carbonyl (C=O) groups is 2. The highest BCUT2D eigenvalue weighted by molar-refractivity contribution is 5.84. The van der Waals surface area contributed by atoms with Crippen molar-refractivity contribution in [1.29, 1.82) is 0 Å².